The van der Waals surface area contributed by atoms with E-state index < -0.39 is 96.0 Å². The van der Waals surface area contributed by atoms with E-state index in [1.807, 2.05) is 46.7 Å². The van der Waals surface area contributed by atoms with Crippen molar-refractivity contribution >= 4 is 23.3 Å². The number of aliphatic hydroxyl groups excluding tert-OH is 3. The van der Waals surface area contributed by atoms with Gasteiger partial charge in [-0.1, -0.05) is 20.8 Å². The van der Waals surface area contributed by atoms with Gasteiger partial charge >= 0.3 is 5.97 Å². The molecule has 0 radical (unpaired) electrons. The third kappa shape index (κ3) is 15.5. The van der Waals surface area contributed by atoms with E-state index in [-0.39, 0.29) is 37.3 Å². The second-order valence-electron chi connectivity index (χ2n) is 21.1. The second-order valence-corrected chi connectivity index (χ2v) is 21.5. The van der Waals surface area contributed by atoms with E-state index in [1.165, 1.54) is 14.0 Å². The summed E-state index contributed by atoms with van der Waals surface area (Å²) in [7, 11) is 5.29. The lowest BCUT2D eigenvalue weighted by Crippen LogP contribution is -2.60. The highest BCUT2D eigenvalue weighted by atomic mass is 32.1. The maximum atomic E-state index is 14.6. The normalized spacial score (nSPS) is 42.7. The lowest BCUT2D eigenvalue weighted by Gasteiger charge is -2.48. The summed E-state index contributed by atoms with van der Waals surface area (Å²) in [5, 5.41) is 67.2. The molecule has 0 aromatic heterocycles. The number of nitrogens with one attached hydrogen (secondary N) is 2. The number of hydrogen-bond acceptors (Lipinski definition) is 17. The van der Waals surface area contributed by atoms with E-state index in [0.29, 0.717) is 37.6 Å². The molecule has 0 unspecified atom stereocenters. The third-order valence-electron chi connectivity index (χ3n) is 15.0. The van der Waals surface area contributed by atoms with Crippen LogP contribution in [0.1, 0.15) is 108 Å². The number of likely N-dealkylation sites (N-methyl/N-ethyl adjacent to an activating group) is 1. The van der Waals surface area contributed by atoms with Gasteiger partial charge in [0.1, 0.15) is 30.0 Å². The number of morpholine rings is 1. The Bertz CT molecular complexity index is 1510. The Morgan fingerprint density at radius 1 is 0.910 bits per heavy atom. The van der Waals surface area contributed by atoms with E-state index in [2.05, 4.69) is 20.4 Å². The first-order valence-corrected chi connectivity index (χ1v) is 25.4. The van der Waals surface area contributed by atoms with Crippen LogP contribution in [0.15, 0.2) is 0 Å². The fourth-order valence-corrected chi connectivity index (χ4v) is 11.0. The molecule has 4 aliphatic rings. The third-order valence-corrected chi connectivity index (χ3v) is 15.3. The number of nitrogens with zero attached hydrogens (tertiary/aromatic N) is 3. The Balaban J connectivity index is 1.66. The van der Waals surface area contributed by atoms with Crippen molar-refractivity contribution in [2.24, 2.45) is 17.8 Å². The van der Waals surface area contributed by atoms with E-state index in [9.17, 15) is 30.3 Å². The summed E-state index contributed by atoms with van der Waals surface area (Å²) in [6.45, 7) is 24.4. The number of aliphatic hydroxyl groups is 5. The molecule has 4 heterocycles. The zero-order valence-corrected chi connectivity index (χ0v) is 43.8. The minimum Gasteiger partial charge on any atom is -0.459 e. The van der Waals surface area contributed by atoms with Crippen molar-refractivity contribution in [2.75, 3.05) is 80.2 Å². The molecular weight excluding hydrogens is 887 g/mol. The smallest absolute Gasteiger partial charge is 0.311 e. The molecule has 0 aliphatic carbocycles. The van der Waals surface area contributed by atoms with Crippen molar-refractivity contribution in [3.8, 4) is 0 Å². The van der Waals surface area contributed by atoms with Crippen LogP contribution < -0.4 is 10.6 Å². The monoisotopic (exact) mass is 978 g/mol. The van der Waals surface area contributed by atoms with Gasteiger partial charge in [0.25, 0.3) is 0 Å². The molecule has 0 aromatic rings. The molecule has 0 aromatic carbocycles. The zero-order chi connectivity index (χ0) is 50.0. The largest absolute Gasteiger partial charge is 0.459 e. The number of rotatable bonds is 15. The maximum Gasteiger partial charge on any atom is 0.311 e. The minimum absolute atomic E-state index is 0.116. The van der Waals surface area contributed by atoms with Gasteiger partial charge in [0, 0.05) is 70.8 Å². The van der Waals surface area contributed by atoms with Gasteiger partial charge in [0.2, 0.25) is 0 Å². The van der Waals surface area contributed by atoms with Gasteiger partial charge in [-0.2, -0.15) is 0 Å². The van der Waals surface area contributed by atoms with Crippen LogP contribution in [-0.4, -0.2) is 222 Å². The molecule has 0 bridgehead atoms. The van der Waals surface area contributed by atoms with Crippen LogP contribution in [0.3, 0.4) is 0 Å². The van der Waals surface area contributed by atoms with E-state index in [1.54, 1.807) is 34.6 Å². The summed E-state index contributed by atoms with van der Waals surface area (Å²) in [5.74, 6) is -2.75. The number of carbonyl (C=O) groups excluding carboxylic acids is 1. The van der Waals surface area contributed by atoms with Crippen LogP contribution in [0, 0.1) is 17.8 Å². The lowest BCUT2D eigenvalue weighted by atomic mass is 9.77. The highest BCUT2D eigenvalue weighted by Gasteiger charge is 2.53. The maximum absolute atomic E-state index is 14.6. The quantitative estimate of drug-likeness (QED) is 0.0708. The Morgan fingerprint density at radius 2 is 1.54 bits per heavy atom. The predicted molar refractivity (Wildman–Crippen MR) is 258 cm³/mol. The molecule has 0 spiro atoms. The van der Waals surface area contributed by atoms with Crippen LogP contribution in [-0.2, 0) is 38.0 Å². The number of ether oxygens (including phenoxy) is 7. The van der Waals surface area contributed by atoms with Crippen molar-refractivity contribution in [1.29, 1.82) is 0 Å². The standard InChI is InChI=1S/C48H91N5O13S/c1-14-36-48(10,59)40(55)33(6)53(20-16-18-50-45(67)49-17-15-19-52-21-23-61-24-22-52)28-29(2)26-46(8,58)42(66-44-38(54)35(51(11)12)25-30(3)62-44)31(4)39(32(5)43(57)64-36)65-37-27-47(9,60-13)41(56)34(7)63-37/h29-42,44,54-56,58-59H,14-28H2,1-13H3,(H2,49,50,67)/t29-,30-,31+,32-,33-,34+,35+,36-,37+,38-,39+,40-,41+,42-,44+,46-,47-,48-/m1/s1. The first kappa shape index (κ1) is 58.2. The molecule has 18 atom stereocenters. The van der Waals surface area contributed by atoms with Crippen molar-refractivity contribution in [3.05, 3.63) is 0 Å². The Morgan fingerprint density at radius 3 is 2.13 bits per heavy atom. The molecule has 392 valence electrons. The van der Waals surface area contributed by atoms with Crippen LogP contribution in [0.25, 0.3) is 0 Å². The van der Waals surface area contributed by atoms with Crippen molar-refractivity contribution in [2.45, 2.75) is 198 Å². The Labute approximate surface area is 407 Å². The molecule has 67 heavy (non-hydrogen) atoms. The number of carbonyl (C=O) groups is 1. The van der Waals surface area contributed by atoms with Gasteiger partial charge in [-0.15, -0.1) is 0 Å². The number of thiocarbonyl (C=S) groups is 1. The van der Waals surface area contributed by atoms with Gasteiger partial charge in [-0.05, 0) is 119 Å². The lowest BCUT2D eigenvalue weighted by molar-refractivity contribution is -0.318. The number of esters is 1. The van der Waals surface area contributed by atoms with Crippen molar-refractivity contribution < 1.29 is 63.5 Å². The van der Waals surface area contributed by atoms with E-state index >= 15 is 0 Å². The molecule has 4 fully saturated rings. The average molecular weight is 978 g/mol. The molecule has 0 amide bonds. The SMILES string of the molecule is CC[C@H]1OC(=O)[C@H](C)[C@@H](O[C@H]2C[C@@](C)(OC)[C@@H](O)[C@H](C)O2)[C@H](C)[C@@H](O[C@@H]2O[C@H](C)C[C@H](N(C)C)[C@H]2O)[C@](C)(O)C[C@@H](C)CN(CCCNC(=S)NCCCN2CCOCC2)[C@H](C)[C@@H](O)[C@]1(C)O. The van der Waals surface area contributed by atoms with Gasteiger partial charge < -0.3 is 74.2 Å². The van der Waals surface area contributed by atoms with E-state index in [0.717, 1.165) is 45.8 Å². The molecule has 0 saturated carbocycles. The molecule has 7 N–H and O–H groups in total. The fourth-order valence-electron chi connectivity index (χ4n) is 10.8. The predicted octanol–water partition coefficient (Wildman–Crippen LogP) is 1.85. The Hall–Kier alpha value is -1.40. The summed E-state index contributed by atoms with van der Waals surface area (Å²) in [4.78, 5) is 21.0. The van der Waals surface area contributed by atoms with Gasteiger partial charge in [-0.3, -0.25) is 14.6 Å². The highest BCUT2D eigenvalue weighted by Crippen LogP contribution is 2.40. The molecule has 4 aliphatic heterocycles. The summed E-state index contributed by atoms with van der Waals surface area (Å²) in [6, 6.07) is -0.914. The van der Waals surface area contributed by atoms with Crippen LogP contribution in [0.4, 0.5) is 0 Å². The van der Waals surface area contributed by atoms with E-state index in [4.69, 9.17) is 45.4 Å². The summed E-state index contributed by atoms with van der Waals surface area (Å²) >= 11 is 5.60. The van der Waals surface area contributed by atoms with Gasteiger partial charge in [-0.25, -0.2) is 0 Å². The Kier molecular flexibility index (Phi) is 22.4. The van der Waals surface area contributed by atoms with Crippen LogP contribution >= 0.6 is 12.2 Å². The van der Waals surface area contributed by atoms with Gasteiger partial charge in [0.15, 0.2) is 17.7 Å². The molecule has 18 nitrogen and oxygen atoms in total. The zero-order valence-electron chi connectivity index (χ0n) is 43.0. The average Bonchev–Trinajstić information content (AvgIpc) is 3.27. The first-order valence-electron chi connectivity index (χ1n) is 24.9. The van der Waals surface area contributed by atoms with Crippen LogP contribution in [0.2, 0.25) is 0 Å². The number of methoxy groups -OCH3 is 1. The van der Waals surface area contributed by atoms with Crippen LogP contribution in [0.5, 0.6) is 0 Å². The minimum atomic E-state index is -1.87. The molecule has 4 saturated heterocycles. The fraction of sp³-hybridized carbons (Fsp3) is 0.958. The number of hydrogen-bond donors (Lipinski definition) is 7. The summed E-state index contributed by atoms with van der Waals surface area (Å²) in [5.41, 5.74) is -4.54. The molecule has 19 heteroatoms. The molecular formula is C48H91N5O13S. The van der Waals surface area contributed by atoms with Crippen molar-refractivity contribution in [3.63, 3.8) is 0 Å². The second kappa shape index (κ2) is 25.8. The van der Waals surface area contributed by atoms with Crippen molar-refractivity contribution in [1.82, 2.24) is 25.3 Å². The first-order chi connectivity index (χ1) is 31.4. The van der Waals surface area contributed by atoms with Gasteiger partial charge in [0.05, 0.1) is 54.7 Å². The topological polar surface area (TPSA) is 217 Å². The summed E-state index contributed by atoms with van der Waals surface area (Å²) < 4.78 is 43.6. The summed E-state index contributed by atoms with van der Waals surface area (Å²) in [6.07, 6.45) is -7.07. The number of cyclic esters (lactones) is 1. The highest BCUT2D eigenvalue weighted by molar-refractivity contribution is 7.80. The molecule has 4 rings (SSSR count).